The van der Waals surface area contributed by atoms with Crippen molar-refractivity contribution >= 4 is 23.3 Å². The van der Waals surface area contributed by atoms with E-state index in [0.717, 1.165) is 25.0 Å². The quantitative estimate of drug-likeness (QED) is 0.642. The molecule has 1 aromatic carbocycles. The number of urea groups is 1. The largest absolute Gasteiger partial charge is 0.491 e. The van der Waals surface area contributed by atoms with Crippen molar-refractivity contribution in [3.05, 3.63) is 51.7 Å². The molecule has 172 valence electrons. The zero-order valence-corrected chi connectivity index (χ0v) is 20.0. The molecule has 0 saturated heterocycles. The molecule has 4 rings (SSSR count). The third-order valence-corrected chi connectivity index (χ3v) is 7.04. The second-order valence-electron chi connectivity index (χ2n) is 9.20. The van der Waals surface area contributed by atoms with Crippen LogP contribution in [0.15, 0.2) is 35.7 Å². The number of rotatable bonds is 8. The highest BCUT2D eigenvalue weighted by Gasteiger charge is 2.35. The lowest BCUT2D eigenvalue weighted by molar-refractivity contribution is -0.135. The molecule has 1 aliphatic heterocycles. The Bertz CT molecular complexity index is 936. The van der Waals surface area contributed by atoms with Crippen molar-refractivity contribution < 1.29 is 14.3 Å². The van der Waals surface area contributed by atoms with Crippen LogP contribution in [-0.4, -0.2) is 54.0 Å². The molecular weight excluding hydrogens is 422 g/mol. The summed E-state index contributed by atoms with van der Waals surface area (Å²) < 4.78 is 6.10. The van der Waals surface area contributed by atoms with Gasteiger partial charge >= 0.3 is 6.03 Å². The third-order valence-electron chi connectivity index (χ3n) is 6.05. The lowest BCUT2D eigenvalue weighted by atomic mass is 10.0. The summed E-state index contributed by atoms with van der Waals surface area (Å²) in [5.74, 6) is 1.31. The maximum absolute atomic E-state index is 13.5. The van der Waals surface area contributed by atoms with Crippen LogP contribution in [0.4, 0.5) is 4.79 Å². The van der Waals surface area contributed by atoms with Gasteiger partial charge < -0.3 is 19.9 Å². The number of fused-ring (bicyclic) bond motifs is 1. The van der Waals surface area contributed by atoms with E-state index in [1.807, 2.05) is 49.9 Å². The molecule has 1 N–H and O–H groups in total. The highest BCUT2D eigenvalue weighted by molar-refractivity contribution is 7.10. The minimum atomic E-state index is -0.152. The van der Waals surface area contributed by atoms with Gasteiger partial charge in [0.15, 0.2) is 0 Å². The van der Waals surface area contributed by atoms with Crippen LogP contribution in [0.1, 0.15) is 48.7 Å². The fraction of sp³-hybridized carbons (Fsp3) is 0.520. The number of carbonyl (C=O) groups is 2. The summed E-state index contributed by atoms with van der Waals surface area (Å²) >= 11 is 1.74. The average molecular weight is 456 g/mol. The van der Waals surface area contributed by atoms with Gasteiger partial charge in [0.1, 0.15) is 18.9 Å². The zero-order chi connectivity index (χ0) is 22.7. The van der Waals surface area contributed by atoms with E-state index in [2.05, 4.69) is 16.8 Å². The predicted octanol–water partition coefficient (Wildman–Crippen LogP) is 4.39. The van der Waals surface area contributed by atoms with Crippen LogP contribution in [0.5, 0.6) is 5.75 Å². The van der Waals surface area contributed by atoms with Crippen LogP contribution in [-0.2, 0) is 11.2 Å². The summed E-state index contributed by atoms with van der Waals surface area (Å²) in [5.41, 5.74) is 2.35. The molecule has 7 heteroatoms. The van der Waals surface area contributed by atoms with Gasteiger partial charge in [0.05, 0.1) is 6.04 Å². The van der Waals surface area contributed by atoms with Crippen molar-refractivity contribution in [3.8, 4) is 5.75 Å². The van der Waals surface area contributed by atoms with Gasteiger partial charge in [-0.15, -0.1) is 11.3 Å². The van der Waals surface area contributed by atoms with Crippen LogP contribution in [0.2, 0.25) is 0 Å². The van der Waals surface area contributed by atoms with E-state index < -0.39 is 0 Å². The van der Waals surface area contributed by atoms with Gasteiger partial charge in [-0.05, 0) is 75.1 Å². The Morgan fingerprint density at radius 1 is 1.22 bits per heavy atom. The first-order chi connectivity index (χ1) is 15.4. The van der Waals surface area contributed by atoms with E-state index in [9.17, 15) is 9.59 Å². The topological polar surface area (TPSA) is 61.9 Å². The molecule has 6 nitrogen and oxygen atoms in total. The molecule has 0 radical (unpaired) electrons. The van der Waals surface area contributed by atoms with Gasteiger partial charge in [-0.1, -0.05) is 17.7 Å². The van der Waals surface area contributed by atoms with Gasteiger partial charge in [-0.3, -0.25) is 4.79 Å². The van der Waals surface area contributed by atoms with Crippen LogP contribution in [0, 0.1) is 12.8 Å². The second-order valence-corrected chi connectivity index (χ2v) is 10.2. The highest BCUT2D eigenvalue weighted by atomic mass is 32.1. The van der Waals surface area contributed by atoms with E-state index in [4.69, 9.17) is 4.74 Å². The Kier molecular flexibility index (Phi) is 7.04. The van der Waals surface area contributed by atoms with E-state index in [1.54, 1.807) is 16.2 Å². The van der Waals surface area contributed by atoms with Gasteiger partial charge in [-0.25, -0.2) is 4.79 Å². The van der Waals surface area contributed by atoms with Crippen LogP contribution >= 0.6 is 11.3 Å². The predicted molar refractivity (Wildman–Crippen MR) is 127 cm³/mol. The fourth-order valence-electron chi connectivity index (χ4n) is 4.11. The van der Waals surface area contributed by atoms with Crippen molar-refractivity contribution in [3.63, 3.8) is 0 Å². The van der Waals surface area contributed by atoms with Crippen molar-refractivity contribution in [1.82, 2.24) is 15.1 Å². The number of ether oxygens (including phenoxy) is 1. The molecular formula is C25H33N3O3S. The Balaban J connectivity index is 1.48. The van der Waals surface area contributed by atoms with E-state index in [-0.39, 0.29) is 30.6 Å². The summed E-state index contributed by atoms with van der Waals surface area (Å²) in [4.78, 5) is 31.1. The molecule has 2 aromatic rings. The molecule has 1 atom stereocenters. The smallest absolute Gasteiger partial charge is 0.318 e. The number of carbonyl (C=O) groups excluding carboxylic acids is 2. The number of thiophene rings is 1. The van der Waals surface area contributed by atoms with Crippen molar-refractivity contribution in [2.45, 2.75) is 52.1 Å². The van der Waals surface area contributed by atoms with Gasteiger partial charge in [-0.2, -0.15) is 0 Å². The molecule has 3 amide bonds. The fourth-order valence-corrected chi connectivity index (χ4v) is 5.04. The Morgan fingerprint density at radius 3 is 2.66 bits per heavy atom. The molecule has 32 heavy (non-hydrogen) atoms. The lowest BCUT2D eigenvalue weighted by Crippen LogP contribution is -2.51. The van der Waals surface area contributed by atoms with Gasteiger partial charge in [0.2, 0.25) is 5.91 Å². The van der Waals surface area contributed by atoms with Crippen LogP contribution < -0.4 is 10.1 Å². The lowest BCUT2D eigenvalue weighted by Gasteiger charge is -2.37. The molecule has 1 aromatic heterocycles. The Labute approximate surface area is 194 Å². The maximum atomic E-state index is 13.5. The number of hydrogen-bond donors (Lipinski definition) is 1. The summed E-state index contributed by atoms with van der Waals surface area (Å²) in [6.45, 7) is 7.73. The van der Waals surface area contributed by atoms with E-state index in [0.29, 0.717) is 25.6 Å². The summed E-state index contributed by atoms with van der Waals surface area (Å²) in [7, 11) is 0. The van der Waals surface area contributed by atoms with Crippen LogP contribution in [0.25, 0.3) is 0 Å². The molecule has 2 heterocycles. The zero-order valence-electron chi connectivity index (χ0n) is 19.2. The molecule has 1 fully saturated rings. The number of aryl methyl sites for hydroxylation is 1. The SMILES string of the molecule is Cc1ccc(OC[C@@H]2c3ccsc3CCN2C(=O)CN(CC2CC2)C(=O)NC(C)C)cc1. The number of benzene rings is 1. The third kappa shape index (κ3) is 5.63. The second kappa shape index (κ2) is 9.94. The average Bonchev–Trinajstić information content (AvgIpc) is 3.44. The number of nitrogens with zero attached hydrogens (tertiary/aromatic N) is 2. The maximum Gasteiger partial charge on any atom is 0.318 e. The summed E-state index contributed by atoms with van der Waals surface area (Å²) in [6, 6.07) is 9.83. The first kappa shape index (κ1) is 22.6. The van der Waals surface area contributed by atoms with Crippen molar-refractivity contribution in [1.29, 1.82) is 0 Å². The highest BCUT2D eigenvalue weighted by Crippen LogP contribution is 2.34. The van der Waals surface area contributed by atoms with Crippen molar-refractivity contribution in [2.75, 3.05) is 26.2 Å². The molecule has 2 aliphatic rings. The molecule has 1 aliphatic carbocycles. The Morgan fingerprint density at radius 2 is 1.97 bits per heavy atom. The Hall–Kier alpha value is -2.54. The molecule has 0 bridgehead atoms. The first-order valence-corrected chi connectivity index (χ1v) is 12.4. The van der Waals surface area contributed by atoms with Gasteiger partial charge in [0.25, 0.3) is 0 Å². The monoisotopic (exact) mass is 455 g/mol. The first-order valence-electron chi connectivity index (χ1n) is 11.5. The molecule has 1 saturated carbocycles. The summed E-state index contributed by atoms with van der Waals surface area (Å²) in [6.07, 6.45) is 3.11. The van der Waals surface area contributed by atoms with Crippen LogP contribution in [0.3, 0.4) is 0 Å². The van der Waals surface area contributed by atoms with Gasteiger partial charge in [0, 0.05) is 24.0 Å². The number of nitrogens with one attached hydrogen (secondary N) is 1. The number of hydrogen-bond acceptors (Lipinski definition) is 4. The minimum Gasteiger partial charge on any atom is -0.491 e. The van der Waals surface area contributed by atoms with Crippen molar-refractivity contribution in [2.24, 2.45) is 5.92 Å². The normalized spacial score (nSPS) is 17.8. The van der Waals surface area contributed by atoms with E-state index >= 15 is 0 Å². The standard InChI is InChI=1S/C25H33N3O3S/c1-17(2)26-25(30)27(14-19-6-7-19)15-24(29)28-12-10-23-21(11-13-32-23)22(28)16-31-20-8-4-18(3)5-9-20/h4-5,8-9,11,13,17,19,22H,6-7,10,12,14-16H2,1-3H3,(H,26,30)/t22-/m1/s1. The molecule has 0 spiro atoms. The summed E-state index contributed by atoms with van der Waals surface area (Å²) in [5, 5.41) is 5.04. The number of amides is 3. The minimum absolute atomic E-state index is 0.0149. The van der Waals surface area contributed by atoms with E-state index in [1.165, 1.54) is 16.0 Å². The molecule has 0 unspecified atom stereocenters.